The van der Waals surface area contributed by atoms with Crippen molar-refractivity contribution in [2.24, 2.45) is 0 Å². The maximum Gasteiger partial charge on any atom is 0.0546 e. The molecule has 0 saturated heterocycles. The monoisotopic (exact) mass is 736 g/mol. The molecule has 0 bridgehead atoms. The minimum Gasteiger partial charge on any atom is -0.310 e. The van der Waals surface area contributed by atoms with E-state index < -0.39 is 0 Å². The first-order chi connectivity index (χ1) is 27.3. The summed E-state index contributed by atoms with van der Waals surface area (Å²) in [4.78, 5) is 5.01. The van der Waals surface area contributed by atoms with Crippen molar-refractivity contribution < 1.29 is 0 Å². The Morgan fingerprint density at radius 1 is 0.411 bits per heavy atom. The zero-order chi connectivity index (χ0) is 37.7. The number of nitrogens with zero attached hydrogens (tertiary/aromatic N) is 2. The highest BCUT2D eigenvalue weighted by atomic mass is 32.1. The Hall–Kier alpha value is -6.42. The first-order valence-corrected chi connectivity index (χ1v) is 20.3. The van der Waals surface area contributed by atoms with Crippen molar-refractivity contribution in [1.82, 2.24) is 0 Å². The van der Waals surface area contributed by atoms with Gasteiger partial charge >= 0.3 is 0 Å². The number of thiophene rings is 1. The molecule has 11 rings (SSSR count). The van der Waals surface area contributed by atoms with Crippen molar-refractivity contribution in [1.29, 1.82) is 0 Å². The van der Waals surface area contributed by atoms with Crippen LogP contribution in [-0.4, -0.2) is 0 Å². The fourth-order valence-corrected chi connectivity index (χ4v) is 10.5. The van der Waals surface area contributed by atoms with Crippen LogP contribution in [0.3, 0.4) is 0 Å². The second-order valence-corrected chi connectivity index (χ2v) is 17.0. The number of hydrogen-bond donors (Lipinski definition) is 0. The number of hydrogen-bond acceptors (Lipinski definition) is 3. The second kappa shape index (κ2) is 12.3. The van der Waals surface area contributed by atoms with Crippen molar-refractivity contribution in [3.63, 3.8) is 0 Å². The first-order valence-electron chi connectivity index (χ1n) is 19.5. The van der Waals surface area contributed by atoms with Gasteiger partial charge in [-0.15, -0.1) is 11.3 Å². The summed E-state index contributed by atoms with van der Waals surface area (Å²) in [5.41, 5.74) is 12.2. The van der Waals surface area contributed by atoms with E-state index >= 15 is 0 Å². The summed E-state index contributed by atoms with van der Waals surface area (Å²) < 4.78 is 2.65. The summed E-state index contributed by atoms with van der Waals surface area (Å²) in [7, 11) is 0. The van der Waals surface area contributed by atoms with Gasteiger partial charge in [0.1, 0.15) is 0 Å². The largest absolute Gasteiger partial charge is 0.310 e. The molecule has 3 heteroatoms. The van der Waals surface area contributed by atoms with E-state index in [0.717, 1.165) is 11.4 Å². The fraction of sp³-hybridized carbons (Fsp3) is 0.0943. The number of benzene rings is 9. The van der Waals surface area contributed by atoms with Crippen LogP contribution in [0.15, 0.2) is 170 Å². The molecule has 1 aromatic heterocycles. The van der Waals surface area contributed by atoms with E-state index in [4.69, 9.17) is 0 Å². The predicted molar refractivity (Wildman–Crippen MR) is 243 cm³/mol. The summed E-state index contributed by atoms with van der Waals surface area (Å²) >= 11 is 1.89. The van der Waals surface area contributed by atoms with Gasteiger partial charge < -0.3 is 9.80 Å². The van der Waals surface area contributed by atoms with E-state index in [2.05, 4.69) is 207 Å². The van der Waals surface area contributed by atoms with Crippen molar-refractivity contribution in [3.8, 4) is 0 Å². The van der Waals surface area contributed by atoms with Crippen molar-refractivity contribution in [2.75, 3.05) is 9.80 Å². The lowest BCUT2D eigenvalue weighted by Crippen LogP contribution is -2.30. The Morgan fingerprint density at radius 3 is 1.82 bits per heavy atom. The van der Waals surface area contributed by atoms with Gasteiger partial charge in [0.05, 0.1) is 22.7 Å². The molecule has 0 atom stereocenters. The maximum absolute atomic E-state index is 2.58. The molecule has 0 spiro atoms. The van der Waals surface area contributed by atoms with Gasteiger partial charge in [-0.1, -0.05) is 123 Å². The van der Waals surface area contributed by atoms with Crippen molar-refractivity contribution in [3.05, 3.63) is 192 Å². The summed E-state index contributed by atoms with van der Waals surface area (Å²) in [6.07, 6.45) is 0. The van der Waals surface area contributed by atoms with E-state index in [9.17, 15) is 0 Å². The van der Waals surface area contributed by atoms with Gasteiger partial charge in [0, 0.05) is 47.7 Å². The van der Waals surface area contributed by atoms with Crippen molar-refractivity contribution >= 4 is 98.0 Å². The highest BCUT2D eigenvalue weighted by Crippen LogP contribution is 2.56. The number of aryl methyl sites for hydroxylation is 2. The molecule has 268 valence electrons. The maximum atomic E-state index is 2.58. The van der Waals surface area contributed by atoms with Gasteiger partial charge in [0.2, 0.25) is 0 Å². The van der Waals surface area contributed by atoms with E-state index in [1.165, 1.54) is 97.5 Å². The number of fused-ring (bicyclic) bond motifs is 10. The summed E-state index contributed by atoms with van der Waals surface area (Å²) in [5.74, 6) is 0. The molecule has 10 aromatic rings. The molecule has 0 radical (unpaired) electrons. The summed E-state index contributed by atoms with van der Waals surface area (Å²) in [6, 6.07) is 63.4. The quantitative estimate of drug-likeness (QED) is 0.166. The van der Waals surface area contributed by atoms with Crippen LogP contribution >= 0.6 is 11.3 Å². The molecular formula is C53H40N2S. The van der Waals surface area contributed by atoms with Gasteiger partial charge in [-0.05, 0) is 118 Å². The average molecular weight is 737 g/mol. The molecule has 56 heavy (non-hydrogen) atoms. The summed E-state index contributed by atoms with van der Waals surface area (Å²) in [5, 5.41) is 10.1. The van der Waals surface area contributed by atoms with Crippen LogP contribution in [-0.2, 0) is 5.41 Å². The fourth-order valence-electron chi connectivity index (χ4n) is 9.39. The Bertz CT molecular complexity index is 3210. The molecular weight excluding hydrogens is 697 g/mol. The molecule has 0 fully saturated rings. The van der Waals surface area contributed by atoms with Gasteiger partial charge in [-0.2, -0.15) is 0 Å². The molecule has 0 aliphatic carbocycles. The van der Waals surface area contributed by atoms with Crippen LogP contribution in [0.4, 0.5) is 34.1 Å². The Balaban J connectivity index is 1.24. The molecule has 1 aliphatic rings. The molecule has 0 amide bonds. The smallest absolute Gasteiger partial charge is 0.0546 e. The topological polar surface area (TPSA) is 6.48 Å². The molecule has 1 aliphatic heterocycles. The lowest BCUT2D eigenvalue weighted by Gasteiger charge is -2.42. The third-order valence-electron chi connectivity index (χ3n) is 12.1. The van der Waals surface area contributed by atoms with Crippen LogP contribution in [0, 0.1) is 13.8 Å². The zero-order valence-corrected chi connectivity index (χ0v) is 32.8. The minimum absolute atomic E-state index is 0.197. The van der Waals surface area contributed by atoms with Crippen LogP contribution in [0.25, 0.3) is 52.5 Å². The second-order valence-electron chi connectivity index (χ2n) is 15.9. The molecule has 2 nitrogen and oxygen atoms in total. The lowest BCUT2D eigenvalue weighted by atomic mass is 9.73. The van der Waals surface area contributed by atoms with E-state index in [1.54, 1.807) is 0 Å². The van der Waals surface area contributed by atoms with Crippen LogP contribution in [0.5, 0.6) is 0 Å². The van der Waals surface area contributed by atoms with Gasteiger partial charge in [-0.3, -0.25) is 0 Å². The van der Waals surface area contributed by atoms with E-state index in [-0.39, 0.29) is 5.41 Å². The number of rotatable bonds is 4. The van der Waals surface area contributed by atoms with Crippen LogP contribution in [0.1, 0.15) is 36.1 Å². The van der Waals surface area contributed by atoms with E-state index in [0.29, 0.717) is 0 Å². The third kappa shape index (κ3) is 4.87. The van der Waals surface area contributed by atoms with Crippen LogP contribution < -0.4 is 9.80 Å². The molecule has 0 unspecified atom stereocenters. The van der Waals surface area contributed by atoms with Gasteiger partial charge in [0.15, 0.2) is 0 Å². The van der Waals surface area contributed by atoms with Crippen LogP contribution in [0.2, 0.25) is 0 Å². The van der Waals surface area contributed by atoms with Gasteiger partial charge in [0.25, 0.3) is 0 Å². The molecule has 2 heterocycles. The van der Waals surface area contributed by atoms with E-state index in [1.807, 2.05) is 11.3 Å². The molecule has 9 aromatic carbocycles. The Kier molecular flexibility index (Phi) is 7.24. The number of anilines is 6. The normalized spacial score (nSPS) is 13.5. The lowest BCUT2D eigenvalue weighted by molar-refractivity contribution is 0.633. The summed E-state index contributed by atoms with van der Waals surface area (Å²) in [6.45, 7) is 9.19. The predicted octanol–water partition coefficient (Wildman–Crippen LogP) is 15.7. The SMILES string of the molecule is Cc1cccc(N(c2ccccc2)c2cc3c4ccccc4c(N4c5cc(C)ccc5C(C)(C)c5cc6c(cc54)sc4ccccc46)cc3c3ccccc23)c1. The standard InChI is InChI=1S/C53H40N2S/c1-33-15-14-18-36(27-33)54(35-16-6-5-7-17-35)47-30-42-38-20-9-11-22-40(38)48(31-43(42)37-19-8-10-21-39(37)47)55-49-28-34(2)25-26-45(49)53(3,4)46-29-44-41-23-12-13-24-51(41)56-52(44)32-50(46)55/h5-32H,1-4H3. The minimum atomic E-state index is -0.197. The zero-order valence-electron chi connectivity index (χ0n) is 32.0. The van der Waals surface area contributed by atoms with Gasteiger partial charge in [-0.25, -0.2) is 0 Å². The number of para-hydroxylation sites is 1. The molecule has 0 N–H and O–H groups in total. The molecule has 0 saturated carbocycles. The Labute approximate surface area is 331 Å². The highest BCUT2D eigenvalue weighted by Gasteiger charge is 2.38. The van der Waals surface area contributed by atoms with Crippen molar-refractivity contribution in [2.45, 2.75) is 33.1 Å². The Morgan fingerprint density at radius 2 is 1.04 bits per heavy atom. The first kappa shape index (κ1) is 33.0. The third-order valence-corrected chi connectivity index (χ3v) is 13.2. The average Bonchev–Trinajstić information content (AvgIpc) is 3.59. The highest BCUT2D eigenvalue weighted by molar-refractivity contribution is 7.25.